The van der Waals surface area contributed by atoms with Gasteiger partial charge in [-0.05, 0) is 49.2 Å². The van der Waals surface area contributed by atoms with Crippen molar-refractivity contribution in [3.8, 4) is 0 Å². The topological polar surface area (TPSA) is 74.7 Å². The van der Waals surface area contributed by atoms with E-state index >= 15 is 0 Å². The third-order valence-electron chi connectivity index (χ3n) is 3.62. The summed E-state index contributed by atoms with van der Waals surface area (Å²) in [7, 11) is -3.86. The Bertz CT molecular complexity index is 827. The van der Waals surface area contributed by atoms with Gasteiger partial charge in [-0.15, -0.1) is 0 Å². The first-order valence-corrected chi connectivity index (χ1v) is 9.53. The molecule has 0 aliphatic rings. The lowest BCUT2D eigenvalue weighted by atomic mass is 10.1. The highest BCUT2D eigenvalue weighted by Crippen LogP contribution is 2.30. The smallest absolute Gasteiger partial charge is 0.305 e. The molecule has 0 heterocycles. The van der Waals surface area contributed by atoms with Crippen LogP contribution in [0.4, 0.5) is 5.69 Å². The molecule has 0 aliphatic carbocycles. The minimum Gasteiger partial charge on any atom is -0.481 e. The zero-order valence-electron chi connectivity index (χ0n) is 13.4. The highest BCUT2D eigenvalue weighted by molar-refractivity contribution is 9.10. The molecule has 0 radical (unpaired) electrons. The second-order valence-corrected chi connectivity index (χ2v) is 8.19. The number of carboxylic acids is 1. The van der Waals surface area contributed by atoms with Crippen LogP contribution in [-0.2, 0) is 14.8 Å². The van der Waals surface area contributed by atoms with Crippen LogP contribution in [0.2, 0.25) is 0 Å². The number of benzene rings is 2. The van der Waals surface area contributed by atoms with Gasteiger partial charge in [0.1, 0.15) is 0 Å². The molecule has 0 bridgehead atoms. The summed E-state index contributed by atoms with van der Waals surface area (Å²) >= 11 is 3.28. The molecule has 0 aromatic heterocycles. The molecule has 0 fully saturated rings. The van der Waals surface area contributed by atoms with Gasteiger partial charge in [0.2, 0.25) is 0 Å². The third-order valence-corrected chi connectivity index (χ3v) is 5.96. The van der Waals surface area contributed by atoms with Gasteiger partial charge in [0.15, 0.2) is 0 Å². The number of hydrogen-bond donors (Lipinski definition) is 1. The molecule has 0 amide bonds. The largest absolute Gasteiger partial charge is 0.481 e. The van der Waals surface area contributed by atoms with Crippen molar-refractivity contribution < 1.29 is 18.3 Å². The number of carbonyl (C=O) groups is 1. The normalized spacial score (nSPS) is 11.3. The Morgan fingerprint density at radius 3 is 2.12 bits per heavy atom. The van der Waals surface area contributed by atoms with Crippen LogP contribution in [0.25, 0.3) is 0 Å². The molecule has 0 aliphatic heterocycles. The van der Waals surface area contributed by atoms with Gasteiger partial charge >= 0.3 is 5.97 Å². The Labute approximate surface area is 150 Å². The monoisotopic (exact) mass is 411 g/mol. The number of anilines is 1. The number of carboxylic acid groups (broad SMARTS) is 1. The molecule has 7 heteroatoms. The van der Waals surface area contributed by atoms with Crippen LogP contribution in [0.5, 0.6) is 0 Å². The van der Waals surface area contributed by atoms with Gasteiger partial charge in [-0.1, -0.05) is 34.1 Å². The fourth-order valence-corrected chi connectivity index (χ4v) is 4.34. The summed E-state index contributed by atoms with van der Waals surface area (Å²) in [4.78, 5) is 11.1. The predicted octanol–water partition coefficient (Wildman–Crippen LogP) is 3.74. The molecule has 0 spiro atoms. The van der Waals surface area contributed by atoms with Gasteiger partial charge in [0, 0.05) is 11.0 Å². The summed E-state index contributed by atoms with van der Waals surface area (Å²) < 4.78 is 28.1. The van der Waals surface area contributed by atoms with Crippen molar-refractivity contribution in [3.63, 3.8) is 0 Å². The summed E-state index contributed by atoms with van der Waals surface area (Å²) in [6.45, 7) is 3.50. The first kappa shape index (κ1) is 18.5. The molecule has 128 valence electrons. The molecule has 0 atom stereocenters. The fourth-order valence-electron chi connectivity index (χ4n) is 2.48. The van der Waals surface area contributed by atoms with Crippen LogP contribution in [-0.4, -0.2) is 26.0 Å². The zero-order valence-corrected chi connectivity index (χ0v) is 15.8. The minimum absolute atomic E-state index is 0.124. The Hall–Kier alpha value is -1.86. The van der Waals surface area contributed by atoms with Crippen LogP contribution in [0.15, 0.2) is 51.8 Å². The van der Waals surface area contributed by atoms with Gasteiger partial charge in [0.05, 0.1) is 17.0 Å². The lowest BCUT2D eigenvalue weighted by Gasteiger charge is -2.27. The number of aliphatic carboxylic acids is 1. The number of aryl methyl sites for hydroxylation is 2. The highest BCUT2D eigenvalue weighted by Gasteiger charge is 2.27. The number of halogens is 1. The van der Waals surface area contributed by atoms with Crippen molar-refractivity contribution >= 4 is 37.6 Å². The molecule has 1 N–H and O–H groups in total. The first-order chi connectivity index (χ1) is 11.2. The SMILES string of the molecule is Cc1cccc(C)c1N(CCC(=O)O)S(=O)(=O)c1ccc(Br)cc1. The van der Waals surface area contributed by atoms with Crippen LogP contribution in [0.3, 0.4) is 0 Å². The average Bonchev–Trinajstić information content (AvgIpc) is 2.50. The number of nitrogens with zero attached hydrogens (tertiary/aromatic N) is 1. The van der Waals surface area contributed by atoms with Crippen LogP contribution < -0.4 is 4.31 Å². The first-order valence-electron chi connectivity index (χ1n) is 7.30. The van der Waals surface area contributed by atoms with Crippen molar-refractivity contribution in [2.75, 3.05) is 10.8 Å². The number of para-hydroxylation sites is 1. The van der Waals surface area contributed by atoms with E-state index in [0.29, 0.717) is 5.69 Å². The van der Waals surface area contributed by atoms with E-state index in [-0.39, 0.29) is 17.9 Å². The average molecular weight is 412 g/mol. The molecule has 24 heavy (non-hydrogen) atoms. The summed E-state index contributed by atoms with van der Waals surface area (Å²) in [5.74, 6) is -1.04. The molecule has 2 aromatic carbocycles. The second-order valence-electron chi connectivity index (χ2n) is 5.42. The molecule has 2 rings (SSSR count). The van der Waals surface area contributed by atoms with E-state index < -0.39 is 16.0 Å². The third kappa shape index (κ3) is 3.96. The van der Waals surface area contributed by atoms with E-state index in [9.17, 15) is 13.2 Å². The van der Waals surface area contributed by atoms with E-state index in [2.05, 4.69) is 15.9 Å². The number of hydrogen-bond acceptors (Lipinski definition) is 3. The quantitative estimate of drug-likeness (QED) is 0.785. The van der Waals surface area contributed by atoms with E-state index in [1.54, 1.807) is 12.1 Å². The Balaban J connectivity index is 2.57. The van der Waals surface area contributed by atoms with Crippen molar-refractivity contribution in [1.29, 1.82) is 0 Å². The maximum Gasteiger partial charge on any atom is 0.305 e. The fraction of sp³-hybridized carbons (Fsp3) is 0.235. The Kier molecular flexibility index (Phi) is 5.66. The van der Waals surface area contributed by atoms with E-state index in [1.165, 1.54) is 16.4 Å². The zero-order chi connectivity index (χ0) is 17.9. The van der Waals surface area contributed by atoms with Crippen molar-refractivity contribution in [1.82, 2.24) is 0 Å². The maximum absolute atomic E-state index is 13.1. The Morgan fingerprint density at radius 1 is 1.08 bits per heavy atom. The van der Waals surface area contributed by atoms with E-state index in [4.69, 9.17) is 5.11 Å². The number of rotatable bonds is 6. The molecule has 0 unspecified atom stereocenters. The van der Waals surface area contributed by atoms with Crippen molar-refractivity contribution in [2.45, 2.75) is 25.2 Å². The summed E-state index contributed by atoms with van der Waals surface area (Å²) in [5, 5.41) is 8.99. The second kappa shape index (κ2) is 7.36. The van der Waals surface area contributed by atoms with E-state index in [1.807, 2.05) is 32.0 Å². The molecule has 5 nitrogen and oxygen atoms in total. The number of sulfonamides is 1. The van der Waals surface area contributed by atoms with Gasteiger partial charge in [-0.2, -0.15) is 0 Å². The highest BCUT2D eigenvalue weighted by atomic mass is 79.9. The van der Waals surface area contributed by atoms with Crippen LogP contribution in [0.1, 0.15) is 17.5 Å². The van der Waals surface area contributed by atoms with Crippen LogP contribution in [0, 0.1) is 13.8 Å². The maximum atomic E-state index is 13.1. The summed E-state index contributed by atoms with van der Waals surface area (Å²) in [6.07, 6.45) is -0.274. The van der Waals surface area contributed by atoms with Crippen molar-refractivity contribution in [2.24, 2.45) is 0 Å². The molecule has 0 saturated carbocycles. The lowest BCUT2D eigenvalue weighted by molar-refractivity contribution is -0.136. The van der Waals surface area contributed by atoms with Crippen molar-refractivity contribution in [3.05, 3.63) is 58.1 Å². The van der Waals surface area contributed by atoms with Gasteiger partial charge in [-0.3, -0.25) is 9.10 Å². The molecule has 0 saturated heterocycles. The van der Waals surface area contributed by atoms with Gasteiger partial charge < -0.3 is 5.11 Å². The van der Waals surface area contributed by atoms with Gasteiger partial charge in [0.25, 0.3) is 10.0 Å². The molecular weight excluding hydrogens is 394 g/mol. The van der Waals surface area contributed by atoms with E-state index in [0.717, 1.165) is 15.6 Å². The standard InChI is InChI=1S/C17H18BrNO4S/c1-12-4-3-5-13(2)17(12)19(11-10-16(20)21)24(22,23)15-8-6-14(18)7-9-15/h3-9H,10-11H2,1-2H3,(H,20,21). The minimum atomic E-state index is -3.86. The molecule has 2 aromatic rings. The van der Waals surface area contributed by atoms with Crippen LogP contribution >= 0.6 is 15.9 Å². The predicted molar refractivity (Wildman–Crippen MR) is 96.8 cm³/mol. The summed E-state index contributed by atoms with van der Waals surface area (Å²) in [6, 6.07) is 11.8. The molecular formula is C17H18BrNO4S. The summed E-state index contributed by atoms with van der Waals surface area (Å²) in [5.41, 5.74) is 2.09. The lowest BCUT2D eigenvalue weighted by Crippen LogP contribution is -2.34. The van der Waals surface area contributed by atoms with Gasteiger partial charge in [-0.25, -0.2) is 8.42 Å². The Morgan fingerprint density at radius 2 is 1.62 bits per heavy atom.